The van der Waals surface area contributed by atoms with E-state index in [1.165, 1.54) is 0 Å². The van der Waals surface area contributed by atoms with E-state index >= 15 is 0 Å². The van der Waals surface area contributed by atoms with Gasteiger partial charge in [-0.05, 0) is 32.4 Å². The molecule has 25 heavy (non-hydrogen) atoms. The summed E-state index contributed by atoms with van der Waals surface area (Å²) in [5.41, 5.74) is 1.87. The minimum Gasteiger partial charge on any atom is -0.496 e. The molecule has 3 rings (SSSR count). The zero-order chi connectivity index (χ0) is 17.6. The van der Waals surface area contributed by atoms with Crippen molar-refractivity contribution in [1.29, 1.82) is 0 Å². The fourth-order valence-corrected chi connectivity index (χ4v) is 3.36. The minimum atomic E-state index is -0.542. The number of benzene rings is 1. The van der Waals surface area contributed by atoms with Gasteiger partial charge in [0, 0.05) is 18.2 Å². The fraction of sp³-hybridized carbons (Fsp3) is 0.526. The predicted octanol–water partition coefficient (Wildman–Crippen LogP) is 2.71. The van der Waals surface area contributed by atoms with Crippen molar-refractivity contribution in [3.63, 3.8) is 0 Å². The van der Waals surface area contributed by atoms with E-state index in [2.05, 4.69) is 10.1 Å². The maximum absolute atomic E-state index is 10.3. The van der Waals surface area contributed by atoms with Crippen LogP contribution in [0.5, 0.6) is 5.75 Å². The van der Waals surface area contributed by atoms with Crippen LogP contribution >= 0.6 is 0 Å². The van der Waals surface area contributed by atoms with Crippen LogP contribution in [0.15, 0.2) is 34.9 Å². The third-order valence-corrected chi connectivity index (χ3v) is 4.54. The van der Waals surface area contributed by atoms with Crippen molar-refractivity contribution in [1.82, 2.24) is 10.1 Å². The summed E-state index contributed by atoms with van der Waals surface area (Å²) in [4.78, 5) is 2.25. The van der Waals surface area contributed by atoms with Gasteiger partial charge in [0.15, 0.2) is 5.76 Å². The number of aliphatic hydroxyl groups excluding tert-OH is 1. The number of ether oxygens (including phenoxy) is 2. The molecule has 6 heteroatoms. The summed E-state index contributed by atoms with van der Waals surface area (Å²) in [6, 6.07) is 9.93. The summed E-state index contributed by atoms with van der Waals surface area (Å²) in [6.07, 6.45) is 1.59. The van der Waals surface area contributed by atoms with E-state index in [1.54, 1.807) is 7.11 Å². The van der Waals surface area contributed by atoms with Gasteiger partial charge in [0.25, 0.3) is 0 Å². The van der Waals surface area contributed by atoms with Crippen LogP contribution in [0.3, 0.4) is 0 Å². The second kappa shape index (κ2) is 8.47. The molecule has 2 heterocycles. The van der Waals surface area contributed by atoms with Crippen LogP contribution < -0.4 is 4.74 Å². The third-order valence-electron chi connectivity index (χ3n) is 4.54. The zero-order valence-corrected chi connectivity index (χ0v) is 14.9. The second-order valence-electron chi connectivity index (χ2n) is 6.50. The normalized spacial score (nSPS) is 19.2. The van der Waals surface area contributed by atoms with E-state index in [0.29, 0.717) is 13.2 Å². The number of rotatable bonds is 8. The number of nitrogens with zero attached hydrogens (tertiary/aromatic N) is 2. The van der Waals surface area contributed by atoms with Crippen molar-refractivity contribution in [2.45, 2.75) is 38.5 Å². The molecule has 1 aromatic heterocycles. The Bertz CT molecular complexity index is 673. The van der Waals surface area contributed by atoms with Crippen molar-refractivity contribution >= 4 is 0 Å². The Balaban J connectivity index is 1.48. The van der Waals surface area contributed by atoms with Crippen molar-refractivity contribution in [3.05, 3.63) is 47.3 Å². The van der Waals surface area contributed by atoms with Gasteiger partial charge in [-0.25, -0.2) is 0 Å². The monoisotopic (exact) mass is 346 g/mol. The van der Waals surface area contributed by atoms with Gasteiger partial charge in [0.2, 0.25) is 0 Å². The van der Waals surface area contributed by atoms with Gasteiger partial charge in [-0.15, -0.1) is 0 Å². The first-order chi connectivity index (χ1) is 12.2. The summed E-state index contributed by atoms with van der Waals surface area (Å²) in [6.45, 7) is 4.15. The van der Waals surface area contributed by atoms with E-state index in [-0.39, 0.29) is 12.6 Å². The lowest BCUT2D eigenvalue weighted by atomic mass is 10.1. The first kappa shape index (κ1) is 17.9. The first-order valence-electron chi connectivity index (χ1n) is 8.72. The molecule has 1 aliphatic heterocycles. The molecule has 0 saturated carbocycles. The van der Waals surface area contributed by atoms with Crippen LogP contribution in [0.1, 0.15) is 35.9 Å². The summed E-state index contributed by atoms with van der Waals surface area (Å²) in [5.74, 6) is 1.69. The van der Waals surface area contributed by atoms with Gasteiger partial charge in [0.05, 0.1) is 38.2 Å². The molecule has 1 fully saturated rings. The van der Waals surface area contributed by atoms with Crippen molar-refractivity contribution in [2.75, 3.05) is 26.8 Å². The van der Waals surface area contributed by atoms with Gasteiger partial charge in [-0.3, -0.25) is 4.90 Å². The molecule has 1 aliphatic rings. The number of aliphatic hydroxyl groups is 1. The summed E-state index contributed by atoms with van der Waals surface area (Å²) in [5, 5.41) is 14.3. The molecular formula is C19H26N2O4. The van der Waals surface area contributed by atoms with Crippen LogP contribution in [-0.2, 0) is 11.3 Å². The molecule has 1 aromatic carbocycles. The molecule has 136 valence electrons. The maximum atomic E-state index is 10.3. The first-order valence-corrected chi connectivity index (χ1v) is 8.72. The Labute approximate surface area is 148 Å². The second-order valence-corrected chi connectivity index (χ2v) is 6.50. The molecule has 1 saturated heterocycles. The van der Waals surface area contributed by atoms with Crippen molar-refractivity contribution in [3.8, 4) is 5.75 Å². The highest BCUT2D eigenvalue weighted by molar-refractivity contribution is 5.32. The molecule has 2 aromatic rings. The Morgan fingerprint density at radius 2 is 2.24 bits per heavy atom. The molecule has 0 aliphatic carbocycles. The van der Waals surface area contributed by atoms with Gasteiger partial charge >= 0.3 is 0 Å². The topological polar surface area (TPSA) is 68.0 Å². The summed E-state index contributed by atoms with van der Waals surface area (Å²) in [7, 11) is 1.65. The Morgan fingerprint density at radius 1 is 1.40 bits per heavy atom. The molecule has 0 bridgehead atoms. The average Bonchev–Trinajstić information content (AvgIpc) is 3.24. The average molecular weight is 346 g/mol. The molecule has 2 atom stereocenters. The Morgan fingerprint density at radius 3 is 3.00 bits per heavy atom. The summed E-state index contributed by atoms with van der Waals surface area (Å²) < 4.78 is 16.4. The lowest BCUT2D eigenvalue weighted by Crippen LogP contribution is -2.34. The number of methoxy groups -OCH3 is 1. The van der Waals surface area contributed by atoms with Gasteiger partial charge < -0.3 is 19.1 Å². The molecule has 0 amide bonds. The van der Waals surface area contributed by atoms with Crippen LogP contribution in [-0.4, -0.2) is 48.1 Å². The molecule has 0 radical (unpaired) electrons. The molecule has 6 nitrogen and oxygen atoms in total. The number of hydrogen-bond donors (Lipinski definition) is 1. The largest absolute Gasteiger partial charge is 0.496 e. The van der Waals surface area contributed by atoms with E-state index in [1.807, 2.05) is 37.3 Å². The lowest BCUT2D eigenvalue weighted by Gasteiger charge is -2.25. The van der Waals surface area contributed by atoms with Crippen molar-refractivity contribution in [2.24, 2.45) is 0 Å². The van der Waals surface area contributed by atoms with Gasteiger partial charge in [-0.2, -0.15) is 0 Å². The molecule has 0 unspecified atom stereocenters. The van der Waals surface area contributed by atoms with E-state index < -0.39 is 6.10 Å². The zero-order valence-electron chi connectivity index (χ0n) is 14.9. The van der Waals surface area contributed by atoms with Crippen LogP contribution in [0, 0.1) is 6.92 Å². The van der Waals surface area contributed by atoms with Gasteiger partial charge in [-0.1, -0.05) is 23.4 Å². The number of aryl methyl sites for hydroxylation is 1. The van der Waals surface area contributed by atoms with Crippen molar-refractivity contribution < 1.29 is 19.1 Å². The highest BCUT2D eigenvalue weighted by Gasteiger charge is 2.30. The highest BCUT2D eigenvalue weighted by atomic mass is 16.5. The smallest absolute Gasteiger partial charge is 0.154 e. The number of para-hydroxylation sites is 1. The van der Waals surface area contributed by atoms with E-state index in [9.17, 15) is 5.11 Å². The minimum absolute atomic E-state index is 0.199. The quantitative estimate of drug-likeness (QED) is 0.793. The Hall–Kier alpha value is -1.89. The number of β-amino-alcohol motifs (C(OH)–C–C–N with tert-alkyl or cyclic N) is 1. The molecule has 1 N–H and O–H groups in total. The van der Waals surface area contributed by atoms with Crippen LogP contribution in [0.25, 0.3) is 0 Å². The predicted molar refractivity (Wildman–Crippen MR) is 93.4 cm³/mol. The van der Waals surface area contributed by atoms with E-state index in [4.69, 9.17) is 14.0 Å². The SMILES string of the molecule is COc1ccccc1COC[C@@H](O)CN1CCC[C@@H]1c1cc(C)no1. The van der Waals surface area contributed by atoms with Crippen LogP contribution in [0.4, 0.5) is 0 Å². The standard InChI is InChI=1S/C19H26N2O4/c1-14-10-19(25-20-14)17-7-5-9-21(17)11-16(22)13-24-12-15-6-3-4-8-18(15)23-2/h3-4,6,8,10,16-17,22H,5,7,9,11-13H2,1-2H3/t16-,17+/m0/s1. The van der Waals surface area contributed by atoms with E-state index in [0.717, 1.165) is 42.2 Å². The third kappa shape index (κ3) is 4.60. The molecular weight excluding hydrogens is 320 g/mol. The van der Waals surface area contributed by atoms with Crippen LogP contribution in [0.2, 0.25) is 0 Å². The fourth-order valence-electron chi connectivity index (χ4n) is 3.36. The lowest BCUT2D eigenvalue weighted by molar-refractivity contribution is 0.00568. The number of hydrogen-bond acceptors (Lipinski definition) is 6. The number of likely N-dealkylation sites (tertiary alicyclic amines) is 1. The van der Waals surface area contributed by atoms with Gasteiger partial charge in [0.1, 0.15) is 5.75 Å². The highest BCUT2D eigenvalue weighted by Crippen LogP contribution is 2.32. The molecule has 0 spiro atoms. The Kier molecular flexibility index (Phi) is 6.07. The summed E-state index contributed by atoms with van der Waals surface area (Å²) >= 11 is 0. The maximum Gasteiger partial charge on any atom is 0.154 e. The number of aromatic nitrogens is 1.